The Morgan fingerprint density at radius 2 is 1.64 bits per heavy atom. The molecule has 0 unspecified atom stereocenters. The third kappa shape index (κ3) is 4.47. The SMILES string of the molecule is O=C(Cc1ccccc1)N=C1S[C@H]2CS(=O)(=O)C[C@H]2N1CCc1ccccc1. The third-order valence-electron chi connectivity index (χ3n) is 5.08. The minimum atomic E-state index is -3.02. The zero-order valence-electron chi connectivity index (χ0n) is 15.4. The molecule has 2 saturated heterocycles. The van der Waals surface area contributed by atoms with E-state index in [1.807, 2.05) is 53.4 Å². The van der Waals surface area contributed by atoms with Gasteiger partial charge in [-0.3, -0.25) is 4.79 Å². The van der Waals surface area contributed by atoms with Crippen LogP contribution in [0.5, 0.6) is 0 Å². The Balaban J connectivity index is 1.51. The zero-order chi connectivity index (χ0) is 19.6. The summed E-state index contributed by atoms with van der Waals surface area (Å²) in [5.41, 5.74) is 2.12. The molecule has 4 rings (SSSR count). The van der Waals surface area contributed by atoms with Crippen molar-refractivity contribution in [2.45, 2.75) is 24.1 Å². The average Bonchev–Trinajstić information content (AvgIpc) is 3.12. The van der Waals surface area contributed by atoms with Crippen LogP contribution < -0.4 is 0 Å². The van der Waals surface area contributed by atoms with Crippen molar-refractivity contribution in [3.8, 4) is 0 Å². The lowest BCUT2D eigenvalue weighted by atomic mass is 10.1. The van der Waals surface area contributed by atoms with Gasteiger partial charge in [0.2, 0.25) is 0 Å². The number of carbonyl (C=O) groups excluding carboxylic acids is 1. The summed E-state index contributed by atoms with van der Waals surface area (Å²) >= 11 is 1.44. The van der Waals surface area contributed by atoms with Crippen LogP contribution in [-0.2, 0) is 27.5 Å². The van der Waals surface area contributed by atoms with Crippen LogP contribution in [0.4, 0.5) is 0 Å². The number of nitrogens with zero attached hydrogens (tertiary/aromatic N) is 2. The molecule has 2 aromatic carbocycles. The van der Waals surface area contributed by atoms with Gasteiger partial charge in [0.1, 0.15) is 0 Å². The molecule has 28 heavy (non-hydrogen) atoms. The van der Waals surface area contributed by atoms with Gasteiger partial charge in [-0.25, -0.2) is 8.42 Å². The summed E-state index contributed by atoms with van der Waals surface area (Å²) in [6.45, 7) is 0.658. The quantitative estimate of drug-likeness (QED) is 0.752. The number of benzene rings is 2. The highest BCUT2D eigenvalue weighted by molar-refractivity contribution is 8.15. The number of amidine groups is 1. The van der Waals surface area contributed by atoms with Crippen molar-refractivity contribution in [1.29, 1.82) is 0 Å². The molecule has 5 nitrogen and oxygen atoms in total. The molecule has 0 aromatic heterocycles. The summed E-state index contributed by atoms with van der Waals surface area (Å²) in [5.74, 6) is 0.114. The minimum absolute atomic E-state index is 0.0379. The number of hydrogen-bond donors (Lipinski definition) is 0. The average molecular weight is 415 g/mol. The molecule has 0 N–H and O–H groups in total. The Hall–Kier alpha value is -2.12. The summed E-state index contributed by atoms with van der Waals surface area (Å²) in [5, 5.41) is 0.630. The number of hydrogen-bond acceptors (Lipinski definition) is 4. The lowest BCUT2D eigenvalue weighted by molar-refractivity contribution is -0.117. The highest BCUT2D eigenvalue weighted by Gasteiger charge is 2.48. The standard InChI is InChI=1S/C21H22N2O3S2/c24-20(13-17-9-5-2-6-10-17)22-21-23(12-11-16-7-3-1-4-8-16)18-14-28(25,26)15-19(18)27-21/h1-10,18-19H,11-15H2/t18-,19+/m1/s1. The molecule has 2 atom stereocenters. The molecule has 0 bridgehead atoms. The molecular formula is C21H22N2O3S2. The molecule has 7 heteroatoms. The van der Waals surface area contributed by atoms with Crippen molar-refractivity contribution in [1.82, 2.24) is 4.90 Å². The van der Waals surface area contributed by atoms with Gasteiger partial charge in [0.15, 0.2) is 15.0 Å². The fourth-order valence-electron chi connectivity index (χ4n) is 3.71. The first-order valence-electron chi connectivity index (χ1n) is 9.33. The van der Waals surface area contributed by atoms with E-state index in [1.165, 1.54) is 17.3 Å². The highest BCUT2D eigenvalue weighted by atomic mass is 32.2. The third-order valence-corrected chi connectivity index (χ3v) is 8.33. The van der Waals surface area contributed by atoms with Crippen LogP contribution in [0, 0.1) is 0 Å². The maximum absolute atomic E-state index is 12.5. The first kappa shape index (κ1) is 19.2. The lowest BCUT2D eigenvalue weighted by Crippen LogP contribution is -2.39. The smallest absolute Gasteiger partial charge is 0.252 e. The van der Waals surface area contributed by atoms with E-state index in [0.717, 1.165) is 12.0 Å². The van der Waals surface area contributed by atoms with E-state index >= 15 is 0 Å². The fourth-order valence-corrected chi connectivity index (χ4v) is 7.70. The van der Waals surface area contributed by atoms with Crippen molar-refractivity contribution in [2.24, 2.45) is 4.99 Å². The molecule has 2 aliphatic rings. The summed E-state index contributed by atoms with van der Waals surface area (Å²) in [6.07, 6.45) is 1.04. The van der Waals surface area contributed by atoms with Crippen LogP contribution in [0.3, 0.4) is 0 Å². The van der Waals surface area contributed by atoms with Crippen molar-refractivity contribution < 1.29 is 13.2 Å². The first-order chi connectivity index (χ1) is 13.5. The number of amides is 1. The van der Waals surface area contributed by atoms with Gasteiger partial charge in [-0.1, -0.05) is 72.4 Å². The van der Waals surface area contributed by atoms with Gasteiger partial charge in [-0.05, 0) is 17.5 Å². The Labute approximate surface area is 169 Å². The number of carbonyl (C=O) groups is 1. The summed E-state index contributed by atoms with van der Waals surface area (Å²) < 4.78 is 24.2. The predicted molar refractivity (Wildman–Crippen MR) is 113 cm³/mol. The van der Waals surface area contributed by atoms with Crippen LogP contribution in [-0.4, -0.2) is 53.7 Å². The van der Waals surface area contributed by atoms with Crippen molar-refractivity contribution in [2.75, 3.05) is 18.1 Å². The highest BCUT2D eigenvalue weighted by Crippen LogP contribution is 2.38. The van der Waals surface area contributed by atoms with Gasteiger partial charge >= 0.3 is 0 Å². The van der Waals surface area contributed by atoms with E-state index in [4.69, 9.17) is 0 Å². The number of rotatable bonds is 5. The Kier molecular flexibility index (Phi) is 5.55. The Bertz CT molecular complexity index is 975. The lowest BCUT2D eigenvalue weighted by Gasteiger charge is -2.24. The summed E-state index contributed by atoms with van der Waals surface area (Å²) in [6, 6.07) is 19.5. The van der Waals surface area contributed by atoms with Crippen LogP contribution in [0.15, 0.2) is 65.7 Å². The van der Waals surface area contributed by atoms with E-state index in [-0.39, 0.29) is 35.1 Å². The van der Waals surface area contributed by atoms with E-state index in [0.29, 0.717) is 11.7 Å². The van der Waals surface area contributed by atoms with Gasteiger partial charge in [-0.2, -0.15) is 4.99 Å². The minimum Gasteiger partial charge on any atom is -0.346 e. The van der Waals surface area contributed by atoms with Crippen LogP contribution in [0.2, 0.25) is 0 Å². The summed E-state index contributed by atoms with van der Waals surface area (Å²) in [4.78, 5) is 18.9. The molecule has 0 spiro atoms. The molecule has 2 aliphatic heterocycles. The normalized spacial score (nSPS) is 24.4. The summed E-state index contributed by atoms with van der Waals surface area (Å²) in [7, 11) is -3.02. The largest absolute Gasteiger partial charge is 0.346 e. The maximum Gasteiger partial charge on any atom is 0.252 e. The fraction of sp³-hybridized carbons (Fsp3) is 0.333. The van der Waals surface area contributed by atoms with E-state index < -0.39 is 9.84 Å². The van der Waals surface area contributed by atoms with Crippen molar-refractivity contribution in [3.05, 3.63) is 71.8 Å². The predicted octanol–water partition coefficient (Wildman–Crippen LogP) is 2.57. The van der Waals surface area contributed by atoms with Crippen LogP contribution >= 0.6 is 11.8 Å². The number of sulfone groups is 1. The van der Waals surface area contributed by atoms with E-state index in [9.17, 15) is 13.2 Å². The molecule has 2 aromatic rings. The Morgan fingerprint density at radius 3 is 2.32 bits per heavy atom. The van der Waals surface area contributed by atoms with Crippen molar-refractivity contribution in [3.63, 3.8) is 0 Å². The number of aliphatic imine (C=N–C) groups is 1. The van der Waals surface area contributed by atoms with Crippen molar-refractivity contribution >= 4 is 32.7 Å². The zero-order valence-corrected chi connectivity index (χ0v) is 17.0. The first-order valence-corrected chi connectivity index (χ1v) is 12.0. The molecule has 146 valence electrons. The molecule has 2 heterocycles. The second kappa shape index (κ2) is 8.09. The van der Waals surface area contributed by atoms with Gasteiger partial charge in [0.05, 0.1) is 24.0 Å². The van der Waals surface area contributed by atoms with Gasteiger partial charge in [0, 0.05) is 11.8 Å². The second-order valence-electron chi connectivity index (χ2n) is 7.18. The second-order valence-corrected chi connectivity index (χ2v) is 10.5. The molecule has 0 saturated carbocycles. The molecular weight excluding hydrogens is 392 g/mol. The van der Waals surface area contributed by atoms with Gasteiger partial charge in [0.25, 0.3) is 5.91 Å². The van der Waals surface area contributed by atoms with Gasteiger partial charge in [-0.15, -0.1) is 0 Å². The molecule has 0 radical (unpaired) electrons. The molecule has 0 aliphatic carbocycles. The Morgan fingerprint density at radius 1 is 1.00 bits per heavy atom. The maximum atomic E-state index is 12.5. The van der Waals surface area contributed by atoms with Crippen LogP contribution in [0.25, 0.3) is 0 Å². The number of fused-ring (bicyclic) bond motifs is 1. The van der Waals surface area contributed by atoms with E-state index in [2.05, 4.69) is 17.1 Å². The monoisotopic (exact) mass is 414 g/mol. The topological polar surface area (TPSA) is 66.8 Å². The molecule has 1 amide bonds. The molecule has 2 fully saturated rings. The number of thioether (sulfide) groups is 1. The van der Waals surface area contributed by atoms with E-state index in [1.54, 1.807) is 0 Å². The van der Waals surface area contributed by atoms with Gasteiger partial charge < -0.3 is 4.90 Å². The van der Waals surface area contributed by atoms with Crippen LogP contribution in [0.1, 0.15) is 11.1 Å².